The molecule has 1 aromatic rings. The first kappa shape index (κ1) is 77.9. The average Bonchev–Trinajstić information content (AvgIpc) is 1.71. The van der Waals surface area contributed by atoms with Crippen molar-refractivity contribution in [1.29, 1.82) is 0 Å². The molecule has 3 saturated heterocycles. The molecule has 0 spiro atoms. The molecule has 5 N–H and O–H groups in total. The summed E-state index contributed by atoms with van der Waals surface area (Å²) in [4.78, 5) is 102. The number of epoxide rings is 1. The number of imide groups is 1. The number of hydrogen-bond donors (Lipinski definition) is 4. The minimum Gasteiger partial charge on any atom is -0.495 e. The molecule has 0 saturated carbocycles. The molecule has 5 unspecified atom stereocenters. The van der Waals surface area contributed by atoms with Crippen LogP contribution in [-0.2, 0) is 77.9 Å². The van der Waals surface area contributed by atoms with E-state index in [1.165, 1.54) is 30.9 Å². The SMILES string of the molecule is CC.CC.CC(C)(CCC=O)SC1CC(=O)N(CCC(=O)NCCOCCOCCOCCOCCC(N)=O)C1=O.COc1cc2cc(c1Cl)N(C)C(=O)C[C@H](OC(=O)C(C)N(C)C)C1(C)OC1[C@H](C)C1C[C@@](O)(NC(=O)O1)[C@H](OC)/C=C/C=C(\C)C2. The van der Waals surface area contributed by atoms with Crippen LogP contribution in [0, 0.1) is 5.92 Å². The number of carbonyl (C=O) groups is 8. The summed E-state index contributed by atoms with van der Waals surface area (Å²) in [5.41, 5.74) is 4.36. The summed E-state index contributed by atoms with van der Waals surface area (Å²) in [6.45, 7) is 22.5. The minimum absolute atomic E-state index is 0.00466. The molecule has 4 aliphatic heterocycles. The molecule has 4 heterocycles. The second kappa shape index (κ2) is 39.0. The number of aliphatic hydroxyl groups is 1. The van der Waals surface area contributed by atoms with Gasteiger partial charge in [0.15, 0.2) is 5.72 Å². The fourth-order valence-electron chi connectivity index (χ4n) is 9.38. The number of anilines is 1. The molecular formula is C61H99ClN6O18S. The smallest absolute Gasteiger partial charge is 0.409 e. The van der Waals surface area contributed by atoms with Crippen molar-refractivity contribution in [3.05, 3.63) is 46.5 Å². The highest BCUT2D eigenvalue weighted by Gasteiger charge is 2.64. The lowest BCUT2D eigenvalue weighted by Gasteiger charge is -2.42. The van der Waals surface area contributed by atoms with Crippen LogP contribution in [-0.4, -0.2) is 216 Å². The fourth-order valence-corrected chi connectivity index (χ4v) is 11.2. The second-order valence-electron chi connectivity index (χ2n) is 21.8. The lowest BCUT2D eigenvalue weighted by atomic mass is 9.83. The highest BCUT2D eigenvalue weighted by Crippen LogP contribution is 2.49. The van der Waals surface area contributed by atoms with Crippen LogP contribution in [0.2, 0.25) is 5.02 Å². The van der Waals surface area contributed by atoms with Crippen LogP contribution < -0.4 is 26.0 Å². The number of carbonyl (C=O) groups excluding carboxylic acids is 8. The lowest BCUT2D eigenvalue weighted by molar-refractivity contribution is -0.158. The minimum atomic E-state index is -1.78. The van der Waals surface area contributed by atoms with Gasteiger partial charge in [-0.15, -0.1) is 11.8 Å². The Hall–Kier alpha value is -5.22. The van der Waals surface area contributed by atoms with Crippen LogP contribution >= 0.6 is 23.4 Å². The molecule has 6 amide bonds. The van der Waals surface area contributed by atoms with E-state index in [0.717, 1.165) is 22.3 Å². The largest absolute Gasteiger partial charge is 0.495 e. The third kappa shape index (κ3) is 25.3. The molecule has 87 heavy (non-hydrogen) atoms. The number of nitrogens with one attached hydrogen (secondary N) is 2. The van der Waals surface area contributed by atoms with Crippen LogP contribution in [0.25, 0.3) is 0 Å². The molecule has 24 nitrogen and oxygen atoms in total. The van der Waals surface area contributed by atoms with Crippen molar-refractivity contribution in [3.63, 3.8) is 0 Å². The van der Waals surface area contributed by atoms with E-state index in [4.69, 9.17) is 60.0 Å². The predicted octanol–water partition coefficient (Wildman–Crippen LogP) is 5.72. The number of nitrogens with two attached hydrogens (primary N) is 1. The van der Waals surface area contributed by atoms with Crippen LogP contribution in [0.1, 0.15) is 120 Å². The number of esters is 1. The Balaban J connectivity index is 0.000000575. The third-order valence-electron chi connectivity index (χ3n) is 14.6. The zero-order valence-electron chi connectivity index (χ0n) is 53.8. The third-order valence-corrected chi connectivity index (χ3v) is 16.5. The van der Waals surface area contributed by atoms with E-state index < -0.39 is 70.9 Å². The topological polar surface area (TPSA) is 303 Å². The molecule has 1 aromatic carbocycles. The first-order valence-corrected chi connectivity index (χ1v) is 31.0. The quantitative estimate of drug-likeness (QED) is 0.0256. The number of likely N-dealkylation sites (N-methyl/N-ethyl adjacent to an activating group) is 1. The Morgan fingerprint density at radius 1 is 0.966 bits per heavy atom. The van der Waals surface area contributed by atoms with E-state index in [9.17, 15) is 43.5 Å². The van der Waals surface area contributed by atoms with E-state index in [1.807, 2.05) is 73.6 Å². The van der Waals surface area contributed by atoms with Crippen molar-refractivity contribution >= 4 is 76.9 Å². The molecule has 9 atom stereocenters. The Kier molecular flexibility index (Phi) is 34.9. The molecule has 4 bridgehead atoms. The first-order chi connectivity index (χ1) is 41.2. The van der Waals surface area contributed by atoms with Gasteiger partial charge in [0.2, 0.25) is 29.5 Å². The number of amides is 6. The maximum Gasteiger partial charge on any atom is 0.409 e. The van der Waals surface area contributed by atoms with E-state index in [-0.39, 0.29) is 78.7 Å². The number of allylic oxidation sites excluding steroid dienone is 3. The van der Waals surface area contributed by atoms with Gasteiger partial charge in [0.1, 0.15) is 47.0 Å². The molecular weight excluding hydrogens is 1170 g/mol. The number of nitrogens with zero attached hydrogens (tertiary/aromatic N) is 3. The van der Waals surface area contributed by atoms with Gasteiger partial charge in [0.05, 0.1) is 83.4 Å². The number of methoxy groups -OCH3 is 2. The number of halogens is 1. The summed E-state index contributed by atoms with van der Waals surface area (Å²) in [7, 11) is 8.07. The monoisotopic (exact) mass is 1270 g/mol. The van der Waals surface area contributed by atoms with Gasteiger partial charge in [-0.2, -0.15) is 0 Å². The van der Waals surface area contributed by atoms with Gasteiger partial charge in [-0.05, 0) is 65.4 Å². The number of alkyl carbamates (subject to hydrolysis) is 1. The summed E-state index contributed by atoms with van der Waals surface area (Å²) in [5, 5.41) is 16.6. The van der Waals surface area contributed by atoms with Gasteiger partial charge in [-0.1, -0.05) is 83.9 Å². The van der Waals surface area contributed by atoms with Gasteiger partial charge in [-0.3, -0.25) is 43.9 Å². The van der Waals surface area contributed by atoms with Gasteiger partial charge < -0.3 is 68.5 Å². The van der Waals surface area contributed by atoms with Crippen molar-refractivity contribution in [3.8, 4) is 5.75 Å². The van der Waals surface area contributed by atoms with Crippen LogP contribution in [0.3, 0.4) is 0 Å². The molecule has 0 aliphatic carbocycles. The lowest BCUT2D eigenvalue weighted by Crippen LogP contribution is -2.63. The van der Waals surface area contributed by atoms with Crippen molar-refractivity contribution in [2.45, 2.75) is 172 Å². The van der Waals surface area contributed by atoms with Crippen LogP contribution in [0.5, 0.6) is 5.75 Å². The maximum atomic E-state index is 13.9. The Labute approximate surface area is 523 Å². The standard InChI is InChI=1S/C33H46ClN3O9.C24H41N3O9S.2C2H6/c1-18-11-10-12-25(43-9)33(41)17-24(44-31(40)35-33)19(2)29-32(4,46-29)26(45-30(39)20(3)36(5)6)16-27(38)37(7)22-14-21(13-18)15-23(42-8)28(22)34;1-24(2,6-3-9-28)37-19-18-22(31)27(23(19)32)8-4-21(30)26-7-11-34-13-15-36-17-16-35-14-12-33-10-5-20(25)29;2*1-2/h10-12,14-15,19-20,24-26,29,41H,13,16-17H2,1-9H3,(H,35,40);9,19H,3-8,10-18H2,1-2H3,(H2,25,29)(H,26,30);2*1-2H3/b12-10+,18-11+;;;/t19-,20?,24?,25-,26+,29?,32?,33+;;;/m1.../s1. The summed E-state index contributed by atoms with van der Waals surface area (Å²) < 4.78 is 50.0. The van der Waals surface area contributed by atoms with E-state index >= 15 is 0 Å². The zero-order valence-corrected chi connectivity index (χ0v) is 55.4. The number of thioether (sulfide) groups is 1. The van der Waals surface area contributed by atoms with E-state index in [1.54, 1.807) is 52.0 Å². The van der Waals surface area contributed by atoms with E-state index in [2.05, 4.69) is 10.6 Å². The number of aldehydes is 1. The van der Waals surface area contributed by atoms with E-state index in [0.29, 0.717) is 83.5 Å². The number of ether oxygens (including phenoxy) is 9. The number of rotatable bonds is 28. The van der Waals surface area contributed by atoms with Crippen molar-refractivity contribution < 1.29 is 86.1 Å². The molecule has 3 fully saturated rings. The van der Waals surface area contributed by atoms with Gasteiger partial charge in [-0.25, -0.2) is 4.79 Å². The summed E-state index contributed by atoms with van der Waals surface area (Å²) in [6.07, 6.45) is 3.75. The number of hydrogen-bond acceptors (Lipinski definition) is 20. The molecule has 0 radical (unpaired) electrons. The number of likely N-dealkylation sites (tertiary alicyclic amines) is 1. The van der Waals surface area contributed by atoms with Gasteiger partial charge >= 0.3 is 12.1 Å². The first-order valence-electron chi connectivity index (χ1n) is 29.8. The fraction of sp³-hybridized carbons (Fsp3) is 0.705. The molecule has 0 aromatic heterocycles. The van der Waals surface area contributed by atoms with Crippen LogP contribution in [0.4, 0.5) is 10.5 Å². The molecule has 26 heteroatoms. The number of primary amides is 1. The number of fused-ring (bicyclic) bond motifs is 5. The Morgan fingerprint density at radius 2 is 1.57 bits per heavy atom. The van der Waals surface area contributed by atoms with Gasteiger partial charge in [0, 0.05) is 70.0 Å². The van der Waals surface area contributed by atoms with Crippen molar-refractivity contribution in [2.75, 3.05) is 106 Å². The number of benzene rings is 1. The van der Waals surface area contributed by atoms with Gasteiger partial charge in [0.25, 0.3) is 0 Å². The average molecular weight is 1270 g/mol. The predicted molar refractivity (Wildman–Crippen MR) is 331 cm³/mol. The highest BCUT2D eigenvalue weighted by molar-refractivity contribution is 8.02. The van der Waals surface area contributed by atoms with Crippen molar-refractivity contribution in [1.82, 2.24) is 20.4 Å². The Morgan fingerprint density at radius 3 is 2.15 bits per heavy atom. The highest BCUT2D eigenvalue weighted by atomic mass is 35.5. The summed E-state index contributed by atoms with van der Waals surface area (Å²) >= 11 is 8.12. The zero-order chi connectivity index (χ0) is 65.7. The van der Waals surface area contributed by atoms with Crippen molar-refractivity contribution in [2.24, 2.45) is 11.7 Å². The molecule has 4 aliphatic rings. The Bertz CT molecular complexity index is 2450. The summed E-state index contributed by atoms with van der Waals surface area (Å²) in [5.74, 6) is -2.15. The van der Waals surface area contributed by atoms with Crippen LogP contribution in [0.15, 0.2) is 35.9 Å². The maximum absolute atomic E-state index is 13.9. The second-order valence-corrected chi connectivity index (χ2v) is 24.1. The normalized spacial score (nSPS) is 25.1. The summed E-state index contributed by atoms with van der Waals surface area (Å²) in [6, 6.07) is 3.04. The molecule has 5 rings (SSSR count). The molecule has 494 valence electrons.